The second kappa shape index (κ2) is 8.27. The summed E-state index contributed by atoms with van der Waals surface area (Å²) in [5, 5.41) is 8.10. The number of hydrogen-bond acceptors (Lipinski definition) is 6. The number of ether oxygens (including phenoxy) is 1. The van der Waals surface area contributed by atoms with Crippen LogP contribution in [0.15, 0.2) is 34.3 Å². The predicted molar refractivity (Wildman–Crippen MR) is 102 cm³/mol. The molecule has 28 heavy (non-hydrogen) atoms. The van der Waals surface area contributed by atoms with Crippen LogP contribution in [0.4, 0.5) is 0 Å². The second-order valence-electron chi connectivity index (χ2n) is 6.79. The summed E-state index contributed by atoms with van der Waals surface area (Å²) in [5.74, 6) is 0.183. The number of methoxy groups -OCH3 is 1. The van der Waals surface area contributed by atoms with Gasteiger partial charge in [0.05, 0.1) is 12.0 Å². The summed E-state index contributed by atoms with van der Waals surface area (Å²) in [6.45, 7) is 0.647. The van der Waals surface area contributed by atoms with E-state index < -0.39 is 10.0 Å². The number of carbonyl (C=O) groups is 2. The molecule has 0 spiro atoms. The van der Waals surface area contributed by atoms with Gasteiger partial charge < -0.3 is 10.1 Å². The van der Waals surface area contributed by atoms with Gasteiger partial charge in [-0.3, -0.25) is 9.59 Å². The summed E-state index contributed by atoms with van der Waals surface area (Å²) in [5.41, 5.74) is 0.329. The molecule has 0 aromatic heterocycles. The van der Waals surface area contributed by atoms with E-state index in [-0.39, 0.29) is 29.2 Å². The first kappa shape index (κ1) is 20.3. The fraction of sp³-hybridized carbons (Fsp3) is 0.500. The van der Waals surface area contributed by atoms with E-state index >= 15 is 0 Å². The van der Waals surface area contributed by atoms with E-state index in [0.717, 1.165) is 0 Å². The zero-order chi connectivity index (χ0) is 20.3. The van der Waals surface area contributed by atoms with Crippen LogP contribution in [0.25, 0.3) is 0 Å². The Morgan fingerprint density at radius 1 is 1.18 bits per heavy atom. The molecule has 2 amide bonds. The summed E-state index contributed by atoms with van der Waals surface area (Å²) in [6, 6.07) is 6.17. The molecule has 152 valence electrons. The number of benzene rings is 1. The van der Waals surface area contributed by atoms with Crippen molar-refractivity contribution < 1.29 is 22.7 Å². The Bertz CT molecular complexity index is 874. The fourth-order valence-corrected chi connectivity index (χ4v) is 4.71. The van der Waals surface area contributed by atoms with Crippen molar-refractivity contribution in [1.82, 2.24) is 14.6 Å². The molecule has 2 heterocycles. The second-order valence-corrected chi connectivity index (χ2v) is 8.73. The van der Waals surface area contributed by atoms with Gasteiger partial charge in [0.25, 0.3) is 5.91 Å². The lowest BCUT2D eigenvalue weighted by Crippen LogP contribution is -2.48. The SMILES string of the molecule is COc1ccc(S(=O)(=O)N2CCC(NC(=O)C3=NN(C)C(=O)CC3)CC2)cc1. The van der Waals surface area contributed by atoms with Crippen LogP contribution in [0, 0.1) is 0 Å². The lowest BCUT2D eigenvalue weighted by molar-refractivity contribution is -0.130. The van der Waals surface area contributed by atoms with Crippen molar-refractivity contribution in [3.05, 3.63) is 24.3 Å². The van der Waals surface area contributed by atoms with E-state index in [1.54, 1.807) is 12.1 Å². The number of sulfonamides is 1. The normalized spacial score (nSPS) is 19.3. The largest absolute Gasteiger partial charge is 0.497 e. The van der Waals surface area contributed by atoms with Gasteiger partial charge in [0.15, 0.2) is 0 Å². The van der Waals surface area contributed by atoms with Crippen molar-refractivity contribution in [2.24, 2.45) is 5.10 Å². The van der Waals surface area contributed by atoms with Crippen molar-refractivity contribution >= 4 is 27.5 Å². The van der Waals surface area contributed by atoms with Gasteiger partial charge >= 0.3 is 0 Å². The van der Waals surface area contributed by atoms with Gasteiger partial charge in [-0.05, 0) is 37.1 Å². The molecule has 0 bridgehead atoms. The topological polar surface area (TPSA) is 108 Å². The highest BCUT2D eigenvalue weighted by atomic mass is 32.2. The zero-order valence-electron chi connectivity index (χ0n) is 15.9. The molecule has 10 heteroatoms. The Morgan fingerprint density at radius 2 is 1.82 bits per heavy atom. The molecular formula is C18H24N4O5S. The molecule has 2 aliphatic heterocycles. The average Bonchev–Trinajstić information content (AvgIpc) is 2.70. The van der Waals surface area contributed by atoms with Crippen LogP contribution in [0.3, 0.4) is 0 Å². The van der Waals surface area contributed by atoms with Gasteiger partial charge in [-0.1, -0.05) is 0 Å². The number of hydrogen-bond donors (Lipinski definition) is 1. The Balaban J connectivity index is 1.57. The third-order valence-electron chi connectivity index (χ3n) is 4.96. The van der Waals surface area contributed by atoms with Crippen molar-refractivity contribution in [3.63, 3.8) is 0 Å². The zero-order valence-corrected chi connectivity index (χ0v) is 16.7. The Labute approximate surface area is 164 Å². The smallest absolute Gasteiger partial charge is 0.267 e. The monoisotopic (exact) mass is 408 g/mol. The highest BCUT2D eigenvalue weighted by molar-refractivity contribution is 7.89. The Kier molecular flexibility index (Phi) is 5.99. The average molecular weight is 408 g/mol. The summed E-state index contributed by atoms with van der Waals surface area (Å²) in [7, 11) is -0.525. The van der Waals surface area contributed by atoms with E-state index in [9.17, 15) is 18.0 Å². The minimum Gasteiger partial charge on any atom is -0.497 e. The predicted octanol–water partition coefficient (Wildman–Crippen LogP) is 0.573. The number of nitrogens with zero attached hydrogens (tertiary/aromatic N) is 3. The molecule has 0 saturated carbocycles. The number of nitrogens with one attached hydrogen (secondary N) is 1. The third-order valence-corrected chi connectivity index (χ3v) is 6.87. The highest BCUT2D eigenvalue weighted by Crippen LogP contribution is 2.23. The van der Waals surface area contributed by atoms with E-state index in [0.29, 0.717) is 43.8 Å². The summed E-state index contributed by atoms with van der Waals surface area (Å²) >= 11 is 0. The molecule has 9 nitrogen and oxygen atoms in total. The summed E-state index contributed by atoms with van der Waals surface area (Å²) < 4.78 is 32.0. The van der Waals surface area contributed by atoms with Gasteiger partial charge in [-0.2, -0.15) is 9.41 Å². The van der Waals surface area contributed by atoms with Crippen LogP contribution in [0.2, 0.25) is 0 Å². The van der Waals surface area contributed by atoms with E-state index in [1.165, 1.54) is 35.6 Å². The van der Waals surface area contributed by atoms with E-state index in [4.69, 9.17) is 4.74 Å². The van der Waals surface area contributed by atoms with Crippen LogP contribution < -0.4 is 10.1 Å². The number of hydrazone groups is 1. The van der Waals surface area contributed by atoms with Crippen LogP contribution >= 0.6 is 0 Å². The van der Waals surface area contributed by atoms with Gasteiger partial charge in [0.2, 0.25) is 15.9 Å². The number of piperidine rings is 1. The Hall–Kier alpha value is -2.46. The van der Waals surface area contributed by atoms with Crippen LogP contribution in [0.5, 0.6) is 5.75 Å². The highest BCUT2D eigenvalue weighted by Gasteiger charge is 2.31. The van der Waals surface area contributed by atoms with Crippen LogP contribution in [0.1, 0.15) is 25.7 Å². The van der Waals surface area contributed by atoms with Crippen molar-refractivity contribution in [2.75, 3.05) is 27.2 Å². The van der Waals surface area contributed by atoms with Crippen molar-refractivity contribution in [3.8, 4) is 5.75 Å². The van der Waals surface area contributed by atoms with Gasteiger partial charge in [0, 0.05) is 39.0 Å². The molecule has 0 aliphatic carbocycles. The molecule has 1 aromatic carbocycles. The first-order valence-corrected chi connectivity index (χ1v) is 10.5. The van der Waals surface area contributed by atoms with Crippen LogP contribution in [-0.2, 0) is 19.6 Å². The first-order chi connectivity index (χ1) is 13.3. The maximum absolute atomic E-state index is 12.8. The van der Waals surface area contributed by atoms with Gasteiger partial charge in [-0.25, -0.2) is 13.4 Å². The van der Waals surface area contributed by atoms with Crippen molar-refractivity contribution in [1.29, 1.82) is 0 Å². The third kappa shape index (κ3) is 4.33. The standard InChI is InChI=1S/C18H24N4O5S/c1-21-17(23)8-7-16(20-21)18(24)19-13-9-11-22(12-10-13)28(25,26)15-5-3-14(27-2)4-6-15/h3-6,13H,7-12H2,1-2H3,(H,19,24). The van der Waals surface area contributed by atoms with Gasteiger partial charge in [0.1, 0.15) is 11.5 Å². The van der Waals surface area contributed by atoms with E-state index in [1.807, 2.05) is 0 Å². The molecule has 2 aliphatic rings. The minimum absolute atomic E-state index is 0.117. The molecular weight excluding hydrogens is 384 g/mol. The molecule has 1 fully saturated rings. The maximum atomic E-state index is 12.8. The molecule has 1 N–H and O–H groups in total. The van der Waals surface area contributed by atoms with Gasteiger partial charge in [-0.15, -0.1) is 0 Å². The van der Waals surface area contributed by atoms with Crippen LogP contribution in [-0.4, -0.2) is 68.5 Å². The van der Waals surface area contributed by atoms with Crippen molar-refractivity contribution in [2.45, 2.75) is 36.6 Å². The molecule has 0 unspecified atom stereocenters. The molecule has 3 rings (SSSR count). The number of amides is 2. The molecule has 1 aromatic rings. The number of rotatable bonds is 5. The molecule has 0 radical (unpaired) electrons. The summed E-state index contributed by atoms with van der Waals surface area (Å²) in [6.07, 6.45) is 1.62. The van der Waals surface area contributed by atoms with E-state index in [2.05, 4.69) is 10.4 Å². The lowest BCUT2D eigenvalue weighted by Gasteiger charge is -2.32. The molecule has 1 saturated heterocycles. The lowest BCUT2D eigenvalue weighted by atomic mass is 10.1. The maximum Gasteiger partial charge on any atom is 0.267 e. The quantitative estimate of drug-likeness (QED) is 0.766. The first-order valence-electron chi connectivity index (χ1n) is 9.10. The molecule has 0 atom stereocenters. The fourth-order valence-electron chi connectivity index (χ4n) is 3.24. The summed E-state index contributed by atoms with van der Waals surface area (Å²) in [4.78, 5) is 24.0. The minimum atomic E-state index is -3.58. The number of carbonyl (C=O) groups excluding carboxylic acids is 2. The Morgan fingerprint density at radius 3 is 2.39 bits per heavy atom.